The lowest BCUT2D eigenvalue weighted by Crippen LogP contribution is -2.37. The Hall–Kier alpha value is -2.89. The Morgan fingerprint density at radius 1 is 1.12 bits per heavy atom. The summed E-state index contributed by atoms with van der Waals surface area (Å²) in [6.45, 7) is 1.49. The molecule has 6 nitrogen and oxygen atoms in total. The van der Waals surface area contributed by atoms with Crippen LogP contribution in [0.2, 0.25) is 0 Å². The molecule has 0 radical (unpaired) electrons. The summed E-state index contributed by atoms with van der Waals surface area (Å²) < 4.78 is 0. The van der Waals surface area contributed by atoms with Crippen LogP contribution in [0.3, 0.4) is 0 Å². The Morgan fingerprint density at radius 2 is 2.00 bits per heavy atom. The molecule has 2 heterocycles. The maximum atomic E-state index is 4.59. The quantitative estimate of drug-likeness (QED) is 0.369. The van der Waals surface area contributed by atoms with Crippen molar-refractivity contribution in [2.75, 3.05) is 13.6 Å². The number of benzene rings is 1. The summed E-state index contributed by atoms with van der Waals surface area (Å²) in [7, 11) is 1.77. The van der Waals surface area contributed by atoms with E-state index in [0.717, 1.165) is 47.9 Å². The average Bonchev–Trinajstić information content (AvgIpc) is 3.05. The highest BCUT2D eigenvalue weighted by Crippen LogP contribution is 2.10. The number of hydrogen-bond acceptors (Lipinski definition) is 3. The number of aryl methyl sites for hydroxylation is 1. The Kier molecular flexibility index (Phi) is 5.40. The van der Waals surface area contributed by atoms with Crippen molar-refractivity contribution in [1.29, 1.82) is 0 Å². The molecule has 1 aromatic carbocycles. The minimum Gasteiger partial charge on any atom is -0.356 e. The minimum atomic E-state index is 0.657. The van der Waals surface area contributed by atoms with E-state index in [1.807, 2.05) is 42.5 Å². The van der Waals surface area contributed by atoms with Gasteiger partial charge in [0.15, 0.2) is 5.96 Å². The molecule has 124 valence electrons. The van der Waals surface area contributed by atoms with E-state index in [0.29, 0.717) is 6.54 Å². The number of rotatable bonds is 6. The molecular formula is C18H22N6. The number of aromatic nitrogens is 3. The third-order valence-corrected chi connectivity index (χ3v) is 3.71. The van der Waals surface area contributed by atoms with Crippen molar-refractivity contribution in [3.63, 3.8) is 0 Å². The summed E-state index contributed by atoms with van der Waals surface area (Å²) in [5, 5.41) is 6.57. The maximum absolute atomic E-state index is 4.59. The van der Waals surface area contributed by atoms with Gasteiger partial charge in [-0.15, -0.1) is 0 Å². The zero-order valence-electron chi connectivity index (χ0n) is 13.8. The normalized spacial score (nSPS) is 11.6. The van der Waals surface area contributed by atoms with Gasteiger partial charge in [0, 0.05) is 26.2 Å². The predicted molar refractivity (Wildman–Crippen MR) is 96.9 cm³/mol. The number of imidazole rings is 1. The fourth-order valence-corrected chi connectivity index (χ4v) is 2.48. The number of nitrogens with one attached hydrogen (secondary N) is 3. The van der Waals surface area contributed by atoms with Gasteiger partial charge < -0.3 is 15.6 Å². The first-order valence-electron chi connectivity index (χ1n) is 8.13. The molecule has 0 fully saturated rings. The molecule has 2 aromatic heterocycles. The first-order valence-corrected chi connectivity index (χ1v) is 8.13. The van der Waals surface area contributed by atoms with Crippen LogP contribution < -0.4 is 10.6 Å². The molecule has 0 aliphatic rings. The highest BCUT2D eigenvalue weighted by atomic mass is 15.2. The number of aliphatic imine (C=N–C) groups is 1. The van der Waals surface area contributed by atoms with Gasteiger partial charge in [-0.25, -0.2) is 4.98 Å². The molecule has 3 aromatic rings. The molecule has 0 saturated heterocycles. The first-order chi connectivity index (χ1) is 11.8. The third kappa shape index (κ3) is 4.32. The van der Waals surface area contributed by atoms with Crippen LogP contribution in [-0.2, 0) is 13.0 Å². The van der Waals surface area contributed by atoms with Gasteiger partial charge in [0.2, 0.25) is 0 Å². The lowest BCUT2D eigenvalue weighted by Gasteiger charge is -2.11. The number of guanidine groups is 1. The summed E-state index contributed by atoms with van der Waals surface area (Å²) in [6.07, 6.45) is 3.67. The topological polar surface area (TPSA) is 78.0 Å². The molecule has 0 aliphatic heterocycles. The van der Waals surface area contributed by atoms with Gasteiger partial charge in [0.1, 0.15) is 5.82 Å². The van der Waals surface area contributed by atoms with Crippen LogP contribution >= 0.6 is 0 Å². The lowest BCUT2D eigenvalue weighted by molar-refractivity contribution is 0.723. The highest BCUT2D eigenvalue weighted by molar-refractivity contribution is 5.79. The first kappa shape index (κ1) is 16.0. The fourth-order valence-electron chi connectivity index (χ4n) is 2.48. The molecule has 3 rings (SSSR count). The zero-order valence-corrected chi connectivity index (χ0v) is 13.8. The van der Waals surface area contributed by atoms with Crippen LogP contribution in [0.5, 0.6) is 0 Å². The SMILES string of the molecule is CN=C(NCCCc1nc2ccccc2[nH]1)NCc1ccccn1. The van der Waals surface area contributed by atoms with Gasteiger partial charge in [-0.1, -0.05) is 18.2 Å². The molecule has 24 heavy (non-hydrogen) atoms. The second-order valence-corrected chi connectivity index (χ2v) is 5.48. The van der Waals surface area contributed by atoms with Crippen LogP contribution in [0.25, 0.3) is 11.0 Å². The standard InChI is InChI=1S/C18H22N6/c1-19-18(22-13-14-7-4-5-11-20-14)21-12-6-10-17-23-15-8-2-3-9-16(15)24-17/h2-5,7-9,11H,6,10,12-13H2,1H3,(H,23,24)(H2,19,21,22). The van der Waals surface area contributed by atoms with Crippen LogP contribution in [0, 0.1) is 0 Å². The smallest absolute Gasteiger partial charge is 0.191 e. The largest absolute Gasteiger partial charge is 0.356 e. The summed E-state index contributed by atoms with van der Waals surface area (Å²) in [6, 6.07) is 14.0. The van der Waals surface area contributed by atoms with E-state index < -0.39 is 0 Å². The van der Waals surface area contributed by atoms with Gasteiger partial charge in [-0.2, -0.15) is 0 Å². The Bertz CT molecular complexity index is 760. The third-order valence-electron chi connectivity index (χ3n) is 3.71. The van der Waals surface area contributed by atoms with E-state index in [1.165, 1.54) is 0 Å². The van der Waals surface area contributed by atoms with Gasteiger partial charge in [-0.05, 0) is 30.7 Å². The van der Waals surface area contributed by atoms with Crippen molar-refractivity contribution in [2.24, 2.45) is 4.99 Å². The summed E-state index contributed by atoms with van der Waals surface area (Å²) in [5.41, 5.74) is 3.10. The van der Waals surface area contributed by atoms with Crippen molar-refractivity contribution in [2.45, 2.75) is 19.4 Å². The van der Waals surface area contributed by atoms with E-state index in [1.54, 1.807) is 13.2 Å². The van der Waals surface area contributed by atoms with Crippen molar-refractivity contribution in [3.8, 4) is 0 Å². The molecule has 0 saturated carbocycles. The Labute approximate surface area is 141 Å². The summed E-state index contributed by atoms with van der Waals surface area (Å²) >= 11 is 0. The average molecular weight is 322 g/mol. The van der Waals surface area contributed by atoms with Crippen LogP contribution in [-0.4, -0.2) is 34.5 Å². The van der Waals surface area contributed by atoms with E-state index in [4.69, 9.17) is 0 Å². The number of pyridine rings is 1. The Morgan fingerprint density at radius 3 is 2.79 bits per heavy atom. The summed E-state index contributed by atoms with van der Waals surface area (Å²) in [4.78, 5) is 16.4. The van der Waals surface area contributed by atoms with E-state index in [2.05, 4.69) is 30.6 Å². The monoisotopic (exact) mass is 322 g/mol. The van der Waals surface area contributed by atoms with Gasteiger partial charge in [0.25, 0.3) is 0 Å². The van der Waals surface area contributed by atoms with Crippen LogP contribution in [0.4, 0.5) is 0 Å². The molecule has 0 amide bonds. The fraction of sp³-hybridized carbons (Fsp3) is 0.278. The second-order valence-electron chi connectivity index (χ2n) is 5.48. The second kappa shape index (κ2) is 8.10. The number of aromatic amines is 1. The number of nitrogens with zero attached hydrogens (tertiary/aromatic N) is 3. The predicted octanol–water partition coefficient (Wildman–Crippen LogP) is 2.26. The zero-order chi connectivity index (χ0) is 16.6. The van der Waals surface area contributed by atoms with E-state index >= 15 is 0 Å². The minimum absolute atomic E-state index is 0.657. The van der Waals surface area contributed by atoms with Gasteiger partial charge in [0.05, 0.1) is 23.3 Å². The number of fused-ring (bicyclic) bond motifs is 1. The molecule has 0 spiro atoms. The maximum Gasteiger partial charge on any atom is 0.191 e. The van der Waals surface area contributed by atoms with Crippen LogP contribution in [0.15, 0.2) is 53.7 Å². The molecule has 0 atom stereocenters. The highest BCUT2D eigenvalue weighted by Gasteiger charge is 2.02. The van der Waals surface area contributed by atoms with E-state index in [9.17, 15) is 0 Å². The van der Waals surface area contributed by atoms with Gasteiger partial charge >= 0.3 is 0 Å². The van der Waals surface area contributed by atoms with Crippen molar-refractivity contribution in [1.82, 2.24) is 25.6 Å². The molecule has 0 aliphatic carbocycles. The Balaban J connectivity index is 1.41. The molecule has 0 unspecified atom stereocenters. The van der Waals surface area contributed by atoms with Gasteiger partial charge in [-0.3, -0.25) is 9.98 Å². The van der Waals surface area contributed by atoms with Crippen LogP contribution in [0.1, 0.15) is 17.9 Å². The van der Waals surface area contributed by atoms with Crippen molar-refractivity contribution >= 4 is 17.0 Å². The molecule has 6 heteroatoms. The van der Waals surface area contributed by atoms with Crippen molar-refractivity contribution < 1.29 is 0 Å². The molecule has 0 bridgehead atoms. The van der Waals surface area contributed by atoms with E-state index in [-0.39, 0.29) is 0 Å². The molecule has 3 N–H and O–H groups in total. The molecular weight excluding hydrogens is 300 g/mol. The number of H-pyrrole nitrogens is 1. The lowest BCUT2D eigenvalue weighted by atomic mass is 10.3. The van der Waals surface area contributed by atoms with Crippen molar-refractivity contribution in [3.05, 3.63) is 60.2 Å². The number of para-hydroxylation sites is 2. The summed E-state index contributed by atoms with van der Waals surface area (Å²) in [5.74, 6) is 1.81. The number of hydrogen-bond donors (Lipinski definition) is 3.